The topological polar surface area (TPSA) is 20.3 Å². The van der Waals surface area contributed by atoms with Gasteiger partial charge in [-0.2, -0.15) is 13.2 Å². The van der Waals surface area contributed by atoms with E-state index in [1.54, 1.807) is 12.1 Å². The van der Waals surface area contributed by atoms with Gasteiger partial charge < -0.3 is 4.90 Å². The molecule has 0 aliphatic rings. The molecule has 2 rings (SSSR count). The fraction of sp³-hybridized carbons (Fsp3) is 0.435. The van der Waals surface area contributed by atoms with E-state index in [1.165, 1.54) is 43.4 Å². The van der Waals surface area contributed by atoms with Crippen LogP contribution in [0.4, 0.5) is 13.2 Å². The maximum absolute atomic E-state index is 12.6. The second-order valence-corrected chi connectivity index (χ2v) is 7.42. The predicted octanol–water partition coefficient (Wildman–Crippen LogP) is 5.99. The van der Waals surface area contributed by atoms with Crippen LogP contribution in [-0.4, -0.2) is 31.3 Å². The van der Waals surface area contributed by atoms with Crippen molar-refractivity contribution in [3.05, 3.63) is 70.8 Å². The average Bonchev–Trinajstić information content (AvgIpc) is 2.66. The van der Waals surface area contributed by atoms with Crippen LogP contribution in [0, 0.1) is 0 Å². The van der Waals surface area contributed by atoms with Crippen molar-refractivity contribution in [2.45, 2.75) is 44.7 Å². The lowest BCUT2D eigenvalue weighted by Crippen LogP contribution is -2.12. The molecule has 28 heavy (non-hydrogen) atoms. The van der Waals surface area contributed by atoms with E-state index in [1.807, 2.05) is 12.1 Å². The van der Waals surface area contributed by atoms with Gasteiger partial charge in [-0.05, 0) is 57.6 Å². The van der Waals surface area contributed by atoms with Crippen LogP contribution in [-0.2, 0) is 12.6 Å². The SMILES string of the molecule is CN(C)CCCCCCCc1ccc(C(=O)c2ccc(C(F)(F)F)cc2)cc1. The molecule has 5 heteroatoms. The number of carbonyl (C=O) groups excluding carboxylic acids is 1. The highest BCUT2D eigenvalue weighted by Crippen LogP contribution is 2.29. The summed E-state index contributed by atoms with van der Waals surface area (Å²) in [6, 6.07) is 11.7. The number of ketones is 1. The van der Waals surface area contributed by atoms with Gasteiger partial charge in [-0.25, -0.2) is 0 Å². The van der Waals surface area contributed by atoms with Crippen molar-refractivity contribution in [3.8, 4) is 0 Å². The third kappa shape index (κ3) is 7.12. The minimum atomic E-state index is -4.39. The molecule has 0 N–H and O–H groups in total. The summed E-state index contributed by atoms with van der Waals surface area (Å²) in [4.78, 5) is 14.6. The number of nitrogens with zero attached hydrogens (tertiary/aromatic N) is 1. The van der Waals surface area contributed by atoms with E-state index in [4.69, 9.17) is 0 Å². The van der Waals surface area contributed by atoms with Crippen LogP contribution < -0.4 is 0 Å². The number of alkyl halides is 3. The molecular formula is C23H28F3NO. The minimum Gasteiger partial charge on any atom is -0.309 e. The lowest BCUT2D eigenvalue weighted by Gasteiger charge is -2.09. The number of hydrogen-bond donors (Lipinski definition) is 0. The van der Waals surface area contributed by atoms with E-state index >= 15 is 0 Å². The first kappa shape index (κ1) is 22.2. The molecule has 152 valence electrons. The van der Waals surface area contributed by atoms with Crippen molar-refractivity contribution in [3.63, 3.8) is 0 Å². The van der Waals surface area contributed by atoms with E-state index in [0.29, 0.717) is 5.56 Å². The Kier molecular flexibility index (Phi) is 8.24. The normalized spacial score (nSPS) is 11.8. The van der Waals surface area contributed by atoms with Crippen LogP contribution in [0.2, 0.25) is 0 Å². The average molecular weight is 391 g/mol. The lowest BCUT2D eigenvalue weighted by atomic mass is 9.99. The van der Waals surface area contributed by atoms with Crippen LogP contribution >= 0.6 is 0 Å². The van der Waals surface area contributed by atoms with Crippen molar-refractivity contribution in [1.29, 1.82) is 0 Å². The fourth-order valence-electron chi connectivity index (χ4n) is 3.09. The van der Waals surface area contributed by atoms with Gasteiger partial charge in [-0.3, -0.25) is 4.79 Å². The van der Waals surface area contributed by atoms with Gasteiger partial charge in [-0.15, -0.1) is 0 Å². The Balaban J connectivity index is 1.81. The molecule has 0 atom stereocenters. The first-order valence-electron chi connectivity index (χ1n) is 9.73. The molecule has 0 radical (unpaired) electrons. The summed E-state index contributed by atoms with van der Waals surface area (Å²) < 4.78 is 37.9. The number of hydrogen-bond acceptors (Lipinski definition) is 2. The third-order valence-corrected chi connectivity index (χ3v) is 4.76. The Morgan fingerprint density at radius 2 is 1.29 bits per heavy atom. The fourth-order valence-corrected chi connectivity index (χ4v) is 3.09. The Bertz CT molecular complexity index is 734. The number of benzene rings is 2. The molecular weight excluding hydrogens is 363 g/mol. The monoisotopic (exact) mass is 391 g/mol. The minimum absolute atomic E-state index is 0.262. The van der Waals surface area contributed by atoms with E-state index in [-0.39, 0.29) is 11.3 Å². The molecule has 0 saturated carbocycles. The molecule has 0 spiro atoms. The zero-order valence-electron chi connectivity index (χ0n) is 16.6. The standard InChI is InChI=1S/C23H28F3NO/c1-27(2)17-7-5-3-4-6-8-18-9-11-19(12-10-18)22(28)20-13-15-21(16-14-20)23(24,25)26/h9-16H,3-8,17H2,1-2H3. The number of aryl methyl sites for hydroxylation is 1. The Morgan fingerprint density at radius 1 is 0.786 bits per heavy atom. The van der Waals surface area contributed by atoms with Crippen molar-refractivity contribution in [2.24, 2.45) is 0 Å². The number of carbonyl (C=O) groups is 1. The summed E-state index contributed by atoms with van der Waals surface area (Å²) in [6.07, 6.45) is 2.61. The molecule has 2 aromatic carbocycles. The predicted molar refractivity (Wildman–Crippen MR) is 107 cm³/mol. The Morgan fingerprint density at radius 3 is 1.82 bits per heavy atom. The van der Waals surface area contributed by atoms with Crippen molar-refractivity contribution < 1.29 is 18.0 Å². The first-order valence-corrected chi connectivity index (χ1v) is 9.73. The van der Waals surface area contributed by atoms with Gasteiger partial charge >= 0.3 is 6.18 Å². The van der Waals surface area contributed by atoms with E-state index < -0.39 is 11.7 Å². The van der Waals surface area contributed by atoms with Crippen LogP contribution in [0.3, 0.4) is 0 Å². The zero-order valence-corrected chi connectivity index (χ0v) is 16.6. The van der Waals surface area contributed by atoms with Gasteiger partial charge in [-0.1, -0.05) is 55.7 Å². The van der Waals surface area contributed by atoms with E-state index in [9.17, 15) is 18.0 Å². The molecule has 0 aromatic heterocycles. The van der Waals surface area contributed by atoms with Gasteiger partial charge in [0.25, 0.3) is 0 Å². The summed E-state index contributed by atoms with van der Waals surface area (Å²) in [7, 11) is 4.18. The summed E-state index contributed by atoms with van der Waals surface area (Å²) >= 11 is 0. The smallest absolute Gasteiger partial charge is 0.309 e. The second kappa shape index (κ2) is 10.4. The summed E-state index contributed by atoms with van der Waals surface area (Å²) in [5.41, 5.74) is 1.18. The highest BCUT2D eigenvalue weighted by Gasteiger charge is 2.30. The molecule has 0 unspecified atom stereocenters. The lowest BCUT2D eigenvalue weighted by molar-refractivity contribution is -0.137. The number of halogens is 3. The highest BCUT2D eigenvalue weighted by molar-refractivity contribution is 6.09. The molecule has 0 heterocycles. The van der Waals surface area contributed by atoms with Gasteiger partial charge in [0, 0.05) is 11.1 Å². The van der Waals surface area contributed by atoms with Gasteiger partial charge in [0.05, 0.1) is 5.56 Å². The zero-order chi connectivity index (χ0) is 20.6. The quantitative estimate of drug-likeness (QED) is 0.366. The summed E-state index contributed by atoms with van der Waals surface area (Å²) in [5.74, 6) is -0.263. The van der Waals surface area contributed by atoms with E-state index in [2.05, 4.69) is 19.0 Å². The summed E-state index contributed by atoms with van der Waals surface area (Å²) in [6.45, 7) is 1.13. The largest absolute Gasteiger partial charge is 0.416 e. The van der Waals surface area contributed by atoms with E-state index in [0.717, 1.165) is 31.5 Å². The molecule has 2 aromatic rings. The molecule has 0 aliphatic heterocycles. The number of unbranched alkanes of at least 4 members (excludes halogenated alkanes) is 4. The van der Waals surface area contributed by atoms with Crippen LogP contribution in [0.25, 0.3) is 0 Å². The first-order chi connectivity index (χ1) is 13.3. The molecule has 0 fully saturated rings. The number of rotatable bonds is 10. The van der Waals surface area contributed by atoms with Crippen molar-refractivity contribution in [1.82, 2.24) is 4.90 Å². The summed E-state index contributed by atoms with van der Waals surface area (Å²) in [5, 5.41) is 0. The Hall–Kier alpha value is -2.14. The molecule has 0 amide bonds. The van der Waals surface area contributed by atoms with Gasteiger partial charge in [0.15, 0.2) is 5.78 Å². The molecule has 0 saturated heterocycles. The molecule has 0 aliphatic carbocycles. The molecule has 2 nitrogen and oxygen atoms in total. The second-order valence-electron chi connectivity index (χ2n) is 7.42. The third-order valence-electron chi connectivity index (χ3n) is 4.76. The van der Waals surface area contributed by atoms with Crippen molar-refractivity contribution in [2.75, 3.05) is 20.6 Å². The van der Waals surface area contributed by atoms with Crippen LogP contribution in [0.5, 0.6) is 0 Å². The van der Waals surface area contributed by atoms with Gasteiger partial charge in [0.2, 0.25) is 0 Å². The highest BCUT2D eigenvalue weighted by atomic mass is 19.4. The van der Waals surface area contributed by atoms with Crippen molar-refractivity contribution >= 4 is 5.78 Å². The Labute approximate surface area is 165 Å². The maximum atomic E-state index is 12.6. The maximum Gasteiger partial charge on any atom is 0.416 e. The van der Waals surface area contributed by atoms with Crippen LogP contribution in [0.1, 0.15) is 59.2 Å². The van der Waals surface area contributed by atoms with Crippen LogP contribution in [0.15, 0.2) is 48.5 Å². The molecule has 0 bridgehead atoms. The van der Waals surface area contributed by atoms with Gasteiger partial charge in [0.1, 0.15) is 0 Å².